The van der Waals surface area contributed by atoms with Gasteiger partial charge in [-0.1, -0.05) is 42.4 Å². The van der Waals surface area contributed by atoms with E-state index in [1.165, 1.54) is 24.8 Å². The number of nitrogens with one attached hydrogen (secondary N) is 1. The first-order valence-corrected chi connectivity index (χ1v) is 9.37. The van der Waals surface area contributed by atoms with Gasteiger partial charge in [-0.3, -0.25) is 4.79 Å². The smallest absolute Gasteiger partial charge is 0.226 e. The average Bonchev–Trinajstić information content (AvgIpc) is 3.54. The van der Waals surface area contributed by atoms with E-state index < -0.39 is 0 Å². The summed E-state index contributed by atoms with van der Waals surface area (Å²) in [6.07, 6.45) is 5.42. The molecule has 2 fully saturated rings. The number of hydrogen-bond acceptors (Lipinski definition) is 4. The van der Waals surface area contributed by atoms with Gasteiger partial charge in [-0.2, -0.15) is 4.98 Å². The lowest BCUT2D eigenvalue weighted by atomic mass is 10.0. The summed E-state index contributed by atoms with van der Waals surface area (Å²) < 4.78 is 5.27. The topological polar surface area (TPSA) is 68.0 Å². The van der Waals surface area contributed by atoms with Gasteiger partial charge >= 0.3 is 0 Å². The van der Waals surface area contributed by atoms with E-state index in [-0.39, 0.29) is 11.9 Å². The predicted molar refractivity (Wildman–Crippen MR) is 93.8 cm³/mol. The molecule has 3 atom stereocenters. The molecule has 1 aromatic heterocycles. The maximum Gasteiger partial charge on any atom is 0.226 e. The minimum atomic E-state index is 0.106. The van der Waals surface area contributed by atoms with Crippen molar-refractivity contribution >= 4 is 5.91 Å². The van der Waals surface area contributed by atoms with Crippen LogP contribution in [0.15, 0.2) is 34.9 Å². The Morgan fingerprint density at radius 1 is 1.32 bits per heavy atom. The number of aromatic nitrogens is 2. The van der Waals surface area contributed by atoms with Crippen molar-refractivity contribution in [1.82, 2.24) is 15.5 Å². The quantitative estimate of drug-likeness (QED) is 0.794. The van der Waals surface area contributed by atoms with Crippen LogP contribution in [0, 0.1) is 11.8 Å². The van der Waals surface area contributed by atoms with E-state index in [0.717, 1.165) is 12.2 Å². The van der Waals surface area contributed by atoms with Gasteiger partial charge < -0.3 is 9.84 Å². The van der Waals surface area contributed by atoms with E-state index in [1.807, 2.05) is 18.2 Å². The van der Waals surface area contributed by atoms with E-state index in [9.17, 15) is 4.79 Å². The zero-order valence-corrected chi connectivity index (χ0v) is 14.6. The highest BCUT2D eigenvalue weighted by Crippen LogP contribution is 2.47. The molecule has 0 radical (unpaired) electrons. The normalized spacial score (nSPS) is 23.2. The molecule has 0 unspecified atom stereocenters. The molecule has 1 amide bonds. The fourth-order valence-electron chi connectivity index (χ4n) is 3.44. The summed E-state index contributed by atoms with van der Waals surface area (Å²) >= 11 is 0. The highest BCUT2D eigenvalue weighted by Gasteiger charge is 2.40. The molecule has 0 aliphatic heterocycles. The van der Waals surface area contributed by atoms with Crippen LogP contribution in [0.4, 0.5) is 0 Å². The second-order valence-corrected chi connectivity index (χ2v) is 7.51. The Morgan fingerprint density at radius 3 is 2.76 bits per heavy atom. The van der Waals surface area contributed by atoms with Gasteiger partial charge in [-0.05, 0) is 43.1 Å². The van der Waals surface area contributed by atoms with Crippen molar-refractivity contribution in [1.29, 1.82) is 0 Å². The lowest BCUT2D eigenvalue weighted by Gasteiger charge is -2.19. The number of rotatable bonds is 8. The van der Waals surface area contributed by atoms with Crippen molar-refractivity contribution in [3.8, 4) is 0 Å². The van der Waals surface area contributed by atoms with E-state index in [2.05, 4.69) is 34.5 Å². The van der Waals surface area contributed by atoms with Crippen LogP contribution < -0.4 is 5.32 Å². The summed E-state index contributed by atoms with van der Waals surface area (Å²) in [5.41, 5.74) is 1.20. The Bertz CT molecular complexity index is 724. The van der Waals surface area contributed by atoms with Gasteiger partial charge in [0.15, 0.2) is 5.82 Å². The molecule has 2 aliphatic rings. The Labute approximate surface area is 148 Å². The van der Waals surface area contributed by atoms with Crippen molar-refractivity contribution in [3.63, 3.8) is 0 Å². The van der Waals surface area contributed by atoms with E-state index in [0.29, 0.717) is 36.5 Å². The van der Waals surface area contributed by atoms with Crippen LogP contribution >= 0.6 is 0 Å². The molecule has 1 N–H and O–H groups in total. The molecule has 2 aromatic rings. The predicted octanol–water partition coefficient (Wildman–Crippen LogP) is 3.78. The Kier molecular flexibility index (Phi) is 4.55. The number of hydrogen-bond donors (Lipinski definition) is 1. The number of benzene rings is 1. The third kappa shape index (κ3) is 4.09. The summed E-state index contributed by atoms with van der Waals surface area (Å²) in [7, 11) is 0. The average molecular weight is 339 g/mol. The van der Waals surface area contributed by atoms with Gasteiger partial charge in [0.2, 0.25) is 11.8 Å². The zero-order chi connectivity index (χ0) is 17.2. The van der Waals surface area contributed by atoms with Crippen molar-refractivity contribution < 1.29 is 9.32 Å². The van der Waals surface area contributed by atoms with Crippen LogP contribution in [-0.2, 0) is 11.2 Å². The summed E-state index contributed by atoms with van der Waals surface area (Å²) in [5.74, 6) is 3.35. The number of carbonyl (C=O) groups is 1. The van der Waals surface area contributed by atoms with Crippen molar-refractivity contribution in [2.24, 2.45) is 11.8 Å². The molecule has 132 valence electrons. The molecule has 0 spiro atoms. The van der Waals surface area contributed by atoms with E-state index in [1.54, 1.807) is 0 Å². The van der Waals surface area contributed by atoms with Crippen molar-refractivity contribution in [2.75, 3.05) is 0 Å². The second-order valence-electron chi connectivity index (χ2n) is 7.51. The molecule has 0 saturated heterocycles. The molecule has 5 heteroatoms. The lowest BCUT2D eigenvalue weighted by molar-refractivity contribution is -0.122. The van der Waals surface area contributed by atoms with Gasteiger partial charge in [-0.15, -0.1) is 0 Å². The van der Waals surface area contributed by atoms with Gasteiger partial charge in [0.05, 0.1) is 6.04 Å². The van der Waals surface area contributed by atoms with E-state index >= 15 is 0 Å². The fourth-order valence-corrected chi connectivity index (χ4v) is 3.44. The zero-order valence-electron chi connectivity index (χ0n) is 14.6. The van der Waals surface area contributed by atoms with Crippen LogP contribution in [0.5, 0.6) is 0 Å². The van der Waals surface area contributed by atoms with Crippen LogP contribution in [0.3, 0.4) is 0 Å². The summed E-state index contributed by atoms with van der Waals surface area (Å²) in [6.45, 7) is 2.25. The van der Waals surface area contributed by atoms with Gasteiger partial charge in [0.25, 0.3) is 0 Å². The molecule has 25 heavy (non-hydrogen) atoms. The fraction of sp³-hybridized carbons (Fsp3) is 0.550. The van der Waals surface area contributed by atoms with Gasteiger partial charge in [0, 0.05) is 18.8 Å². The number of aryl methyl sites for hydroxylation is 1. The van der Waals surface area contributed by atoms with Crippen LogP contribution in [0.2, 0.25) is 0 Å². The molecular formula is C20H25N3O2. The molecule has 4 rings (SSSR count). The minimum Gasteiger partial charge on any atom is -0.349 e. The molecular weight excluding hydrogens is 314 g/mol. The maximum atomic E-state index is 12.4. The SMILES string of the molecule is C[C@@H]1C[C@@H]1[C@@H](NC(=O)CCCc1nc(C2CC2)no1)c1ccccc1. The molecule has 2 saturated carbocycles. The first kappa shape index (κ1) is 16.3. The summed E-state index contributed by atoms with van der Waals surface area (Å²) in [4.78, 5) is 16.8. The van der Waals surface area contributed by atoms with Gasteiger partial charge in [0.1, 0.15) is 0 Å². The molecule has 1 aromatic carbocycles. The van der Waals surface area contributed by atoms with Crippen LogP contribution in [-0.4, -0.2) is 16.0 Å². The van der Waals surface area contributed by atoms with Crippen LogP contribution in [0.1, 0.15) is 68.3 Å². The monoisotopic (exact) mass is 339 g/mol. The van der Waals surface area contributed by atoms with Crippen LogP contribution in [0.25, 0.3) is 0 Å². The lowest BCUT2D eigenvalue weighted by Crippen LogP contribution is -2.30. The second kappa shape index (κ2) is 6.98. The number of carbonyl (C=O) groups excluding carboxylic acids is 1. The third-order valence-corrected chi connectivity index (χ3v) is 5.30. The first-order chi connectivity index (χ1) is 12.2. The standard InChI is InChI=1S/C20H25N3O2/c1-13-12-16(13)19(14-6-3-2-4-7-14)21-17(24)8-5-9-18-22-20(23-25-18)15-10-11-15/h2-4,6-7,13,15-16,19H,5,8-12H2,1H3,(H,21,24)/t13-,16+,19+/m1/s1. The van der Waals surface area contributed by atoms with Gasteiger partial charge in [-0.25, -0.2) is 0 Å². The highest BCUT2D eigenvalue weighted by atomic mass is 16.5. The summed E-state index contributed by atoms with van der Waals surface area (Å²) in [6, 6.07) is 10.4. The van der Waals surface area contributed by atoms with Crippen molar-refractivity contribution in [3.05, 3.63) is 47.6 Å². The molecule has 5 nitrogen and oxygen atoms in total. The molecule has 1 heterocycles. The molecule has 0 bridgehead atoms. The largest absolute Gasteiger partial charge is 0.349 e. The minimum absolute atomic E-state index is 0.106. The first-order valence-electron chi connectivity index (χ1n) is 9.37. The number of nitrogens with zero attached hydrogens (tertiary/aromatic N) is 2. The Hall–Kier alpha value is -2.17. The van der Waals surface area contributed by atoms with Crippen molar-refractivity contribution in [2.45, 2.75) is 57.4 Å². The number of amides is 1. The Balaban J connectivity index is 1.28. The Morgan fingerprint density at radius 2 is 2.08 bits per heavy atom. The summed E-state index contributed by atoms with van der Waals surface area (Å²) in [5, 5.41) is 7.26. The van der Waals surface area contributed by atoms with E-state index in [4.69, 9.17) is 4.52 Å². The maximum absolute atomic E-state index is 12.4. The molecule has 2 aliphatic carbocycles. The highest BCUT2D eigenvalue weighted by molar-refractivity contribution is 5.76. The third-order valence-electron chi connectivity index (χ3n) is 5.30.